The van der Waals surface area contributed by atoms with Crippen LogP contribution in [-0.2, 0) is 4.79 Å². The lowest BCUT2D eigenvalue weighted by Crippen LogP contribution is -2.04. The van der Waals surface area contributed by atoms with Crippen LogP contribution in [0.15, 0.2) is 36.4 Å². The van der Waals surface area contributed by atoms with Gasteiger partial charge in [-0.1, -0.05) is 24.3 Å². The van der Waals surface area contributed by atoms with Crippen LogP contribution in [-0.4, -0.2) is 17.0 Å². The van der Waals surface area contributed by atoms with Crippen LogP contribution in [0.3, 0.4) is 0 Å². The highest BCUT2D eigenvalue weighted by atomic mass is 35.5. The minimum Gasteiger partial charge on any atom is -0.478 e. The van der Waals surface area contributed by atoms with E-state index in [2.05, 4.69) is 0 Å². The van der Waals surface area contributed by atoms with Gasteiger partial charge in [-0.25, -0.2) is 4.79 Å². The van der Waals surface area contributed by atoms with Gasteiger partial charge >= 0.3 is 11.9 Å². The van der Waals surface area contributed by atoms with Crippen molar-refractivity contribution in [2.24, 2.45) is 0 Å². The molecule has 94 valence electrons. The number of benzene rings is 2. The van der Waals surface area contributed by atoms with E-state index in [1.165, 1.54) is 13.0 Å². The number of carbonyl (C=O) groups is 2. The molecule has 0 aromatic heterocycles. The Labute approximate surface area is 110 Å². The van der Waals surface area contributed by atoms with Crippen LogP contribution in [0.1, 0.15) is 17.3 Å². The van der Waals surface area contributed by atoms with Crippen molar-refractivity contribution in [3.8, 4) is 5.75 Å². The molecule has 1 N–H and O–H groups in total. The summed E-state index contributed by atoms with van der Waals surface area (Å²) in [5, 5.41) is 10.4. The van der Waals surface area contributed by atoms with E-state index >= 15 is 0 Å². The molecule has 0 atom stereocenters. The normalized spacial score (nSPS) is 9.61. The van der Waals surface area contributed by atoms with E-state index in [9.17, 15) is 9.59 Å². The summed E-state index contributed by atoms with van der Waals surface area (Å²) in [4.78, 5) is 21.9. The Morgan fingerprint density at radius 3 is 2.44 bits per heavy atom. The average Bonchev–Trinajstić information content (AvgIpc) is 2.28. The minimum atomic E-state index is -1.05. The predicted octanol–water partition coefficient (Wildman–Crippen LogP) is 2.89. The molecule has 0 saturated heterocycles. The first-order valence-electron chi connectivity index (χ1n) is 5.02. The van der Waals surface area contributed by atoms with Crippen LogP contribution in [0.4, 0.5) is 0 Å². The van der Waals surface area contributed by atoms with Gasteiger partial charge in [0.05, 0.1) is 5.56 Å². The number of aromatic carboxylic acids is 1. The number of carbonyl (C=O) groups excluding carboxylic acids is 1. The summed E-state index contributed by atoms with van der Waals surface area (Å²) in [5.41, 5.74) is 0.0972. The maximum Gasteiger partial charge on any atom is 0.335 e. The Morgan fingerprint density at radius 2 is 1.83 bits per heavy atom. The van der Waals surface area contributed by atoms with Crippen LogP contribution < -0.4 is 4.74 Å². The van der Waals surface area contributed by atoms with E-state index in [1.54, 1.807) is 30.3 Å². The third-order valence-electron chi connectivity index (χ3n) is 2.32. The van der Waals surface area contributed by atoms with Gasteiger partial charge in [0.15, 0.2) is 0 Å². The van der Waals surface area contributed by atoms with E-state index in [-0.39, 0.29) is 23.7 Å². The first kappa shape index (κ1) is 14.0. The molecule has 0 saturated carbocycles. The largest absolute Gasteiger partial charge is 0.478 e. The fourth-order valence-electron chi connectivity index (χ4n) is 1.64. The maximum absolute atomic E-state index is 11.0. The first-order valence-corrected chi connectivity index (χ1v) is 5.02. The standard InChI is InChI=1S/C13H10O4.ClH/c1-8(14)17-12-7-10(13(15)16)6-9-4-2-3-5-11(9)12;/h2-7H,1H3,(H,15,16);1H. The van der Waals surface area contributed by atoms with Crippen molar-refractivity contribution in [1.29, 1.82) is 0 Å². The Bertz CT molecular complexity index is 607. The molecule has 5 heteroatoms. The number of hydrogen-bond acceptors (Lipinski definition) is 3. The number of esters is 1. The highest BCUT2D eigenvalue weighted by Gasteiger charge is 2.10. The molecule has 0 aliphatic carbocycles. The van der Waals surface area contributed by atoms with Gasteiger partial charge in [0.25, 0.3) is 0 Å². The van der Waals surface area contributed by atoms with Crippen LogP contribution in [0.2, 0.25) is 0 Å². The summed E-state index contributed by atoms with van der Waals surface area (Å²) in [6, 6.07) is 10.0. The van der Waals surface area contributed by atoms with E-state index < -0.39 is 11.9 Å². The van der Waals surface area contributed by atoms with Gasteiger partial charge in [0.2, 0.25) is 0 Å². The molecule has 0 unspecified atom stereocenters. The van der Waals surface area contributed by atoms with Crippen molar-refractivity contribution in [3.63, 3.8) is 0 Å². The molecule has 0 aliphatic heterocycles. The zero-order chi connectivity index (χ0) is 12.4. The van der Waals surface area contributed by atoms with Gasteiger partial charge in [0, 0.05) is 12.3 Å². The van der Waals surface area contributed by atoms with E-state index in [0.717, 1.165) is 5.39 Å². The summed E-state index contributed by atoms with van der Waals surface area (Å²) in [6.07, 6.45) is 0. The molecule has 0 spiro atoms. The number of carboxylic acid groups (broad SMARTS) is 1. The number of fused-ring (bicyclic) bond motifs is 1. The fraction of sp³-hybridized carbons (Fsp3) is 0.0769. The maximum atomic E-state index is 11.0. The van der Waals surface area contributed by atoms with Crippen LogP contribution in [0.5, 0.6) is 5.75 Å². The Balaban J connectivity index is 0.00000162. The lowest BCUT2D eigenvalue weighted by molar-refractivity contribution is -0.131. The molecule has 0 bridgehead atoms. The summed E-state index contributed by atoms with van der Waals surface area (Å²) >= 11 is 0. The van der Waals surface area contributed by atoms with Crippen LogP contribution >= 0.6 is 12.4 Å². The van der Waals surface area contributed by atoms with Gasteiger partial charge in [-0.3, -0.25) is 4.79 Å². The lowest BCUT2D eigenvalue weighted by Gasteiger charge is -2.07. The fourth-order valence-corrected chi connectivity index (χ4v) is 1.64. The number of halogens is 1. The first-order chi connectivity index (χ1) is 8.08. The third kappa shape index (κ3) is 2.78. The average molecular weight is 267 g/mol. The number of carboxylic acids is 1. The molecule has 2 aromatic rings. The Kier molecular flexibility index (Phi) is 4.28. The van der Waals surface area contributed by atoms with Gasteiger partial charge in [-0.05, 0) is 17.5 Å². The SMILES string of the molecule is CC(=O)Oc1cc(C(=O)O)cc2ccccc12.Cl. The number of ether oxygens (including phenoxy) is 1. The highest BCUT2D eigenvalue weighted by Crippen LogP contribution is 2.27. The van der Waals surface area contributed by atoms with Crippen molar-refractivity contribution in [3.05, 3.63) is 42.0 Å². The highest BCUT2D eigenvalue weighted by molar-refractivity contribution is 5.98. The molecule has 4 nitrogen and oxygen atoms in total. The van der Waals surface area contributed by atoms with Gasteiger partial charge in [0.1, 0.15) is 5.75 Å². The van der Waals surface area contributed by atoms with Gasteiger partial charge in [-0.15, -0.1) is 12.4 Å². The molecule has 0 aliphatic rings. The zero-order valence-electron chi connectivity index (χ0n) is 9.54. The Morgan fingerprint density at radius 1 is 1.17 bits per heavy atom. The predicted molar refractivity (Wildman–Crippen MR) is 69.5 cm³/mol. The second kappa shape index (κ2) is 5.51. The Hall–Kier alpha value is -2.07. The zero-order valence-corrected chi connectivity index (χ0v) is 10.4. The van der Waals surface area contributed by atoms with Crippen molar-refractivity contribution >= 4 is 35.1 Å². The summed E-state index contributed by atoms with van der Waals surface area (Å²) in [7, 11) is 0. The minimum absolute atomic E-state index is 0. The summed E-state index contributed by atoms with van der Waals surface area (Å²) in [6.45, 7) is 1.28. The molecular weight excluding hydrogens is 256 g/mol. The summed E-state index contributed by atoms with van der Waals surface area (Å²) in [5.74, 6) is -1.25. The monoisotopic (exact) mass is 266 g/mol. The molecule has 2 rings (SSSR count). The molecule has 0 fully saturated rings. The second-order valence-corrected chi connectivity index (χ2v) is 3.59. The van der Waals surface area contributed by atoms with E-state index in [4.69, 9.17) is 9.84 Å². The number of hydrogen-bond donors (Lipinski definition) is 1. The van der Waals surface area contributed by atoms with Crippen molar-refractivity contribution in [2.75, 3.05) is 0 Å². The molecule has 0 radical (unpaired) electrons. The molecule has 18 heavy (non-hydrogen) atoms. The van der Waals surface area contributed by atoms with Crippen molar-refractivity contribution in [2.45, 2.75) is 6.92 Å². The third-order valence-corrected chi connectivity index (χ3v) is 2.32. The molecule has 2 aromatic carbocycles. The molecule has 0 amide bonds. The second-order valence-electron chi connectivity index (χ2n) is 3.59. The summed E-state index contributed by atoms with van der Waals surface area (Å²) < 4.78 is 5.02. The molecular formula is C13H11ClO4. The van der Waals surface area contributed by atoms with Crippen LogP contribution in [0.25, 0.3) is 10.8 Å². The topological polar surface area (TPSA) is 63.6 Å². The smallest absolute Gasteiger partial charge is 0.335 e. The lowest BCUT2D eigenvalue weighted by atomic mass is 10.1. The van der Waals surface area contributed by atoms with E-state index in [1.807, 2.05) is 0 Å². The number of rotatable bonds is 2. The quantitative estimate of drug-likeness (QED) is 0.671. The van der Waals surface area contributed by atoms with Gasteiger partial charge < -0.3 is 9.84 Å². The van der Waals surface area contributed by atoms with Crippen LogP contribution in [0, 0.1) is 0 Å². The van der Waals surface area contributed by atoms with Gasteiger partial charge in [-0.2, -0.15) is 0 Å². The van der Waals surface area contributed by atoms with E-state index in [0.29, 0.717) is 5.39 Å². The van der Waals surface area contributed by atoms with Crippen molar-refractivity contribution in [1.82, 2.24) is 0 Å². The van der Waals surface area contributed by atoms with Crippen molar-refractivity contribution < 1.29 is 19.4 Å². The molecule has 0 heterocycles.